The zero-order chi connectivity index (χ0) is 37.8. The first-order valence-corrected chi connectivity index (χ1v) is 23.2. The van der Waals surface area contributed by atoms with Gasteiger partial charge < -0.3 is 15.5 Å². The Hall–Kier alpha value is -1.39. The number of allylic oxidation sites excluding steroid dienone is 5. The molecule has 1 amide bonds. The van der Waals surface area contributed by atoms with Gasteiger partial charge in [-0.3, -0.25) is 4.79 Å². The van der Waals surface area contributed by atoms with Gasteiger partial charge in [0.15, 0.2) is 0 Å². The van der Waals surface area contributed by atoms with Gasteiger partial charge in [0, 0.05) is 6.42 Å². The Labute approximate surface area is 325 Å². The summed E-state index contributed by atoms with van der Waals surface area (Å²) in [5, 5.41) is 22.9. The van der Waals surface area contributed by atoms with E-state index in [1.54, 1.807) is 6.08 Å². The molecule has 0 aromatic rings. The van der Waals surface area contributed by atoms with Gasteiger partial charge in [0.2, 0.25) is 5.91 Å². The van der Waals surface area contributed by atoms with Crippen molar-refractivity contribution in [2.45, 2.75) is 257 Å². The fourth-order valence-electron chi connectivity index (χ4n) is 7.01. The third-order valence-electron chi connectivity index (χ3n) is 10.6. The van der Waals surface area contributed by atoms with Crippen LogP contribution in [0.25, 0.3) is 0 Å². The van der Waals surface area contributed by atoms with Crippen LogP contribution in [0.4, 0.5) is 0 Å². The summed E-state index contributed by atoms with van der Waals surface area (Å²) in [6, 6.07) is -0.635. The number of carbonyl (C=O) groups is 1. The molecule has 4 heteroatoms. The van der Waals surface area contributed by atoms with Crippen LogP contribution in [0.1, 0.15) is 245 Å². The van der Waals surface area contributed by atoms with Gasteiger partial charge in [-0.1, -0.05) is 217 Å². The Morgan fingerprint density at radius 1 is 0.442 bits per heavy atom. The van der Waals surface area contributed by atoms with Crippen LogP contribution in [0.3, 0.4) is 0 Å². The third-order valence-corrected chi connectivity index (χ3v) is 10.6. The van der Waals surface area contributed by atoms with Crippen molar-refractivity contribution in [2.75, 3.05) is 6.61 Å². The lowest BCUT2D eigenvalue weighted by Gasteiger charge is -2.19. The van der Waals surface area contributed by atoms with Crippen molar-refractivity contribution in [2.24, 2.45) is 0 Å². The Bertz CT molecular complexity index is 790. The molecule has 2 unspecified atom stereocenters. The highest BCUT2D eigenvalue weighted by Gasteiger charge is 2.17. The van der Waals surface area contributed by atoms with Crippen LogP contribution in [0.2, 0.25) is 0 Å². The summed E-state index contributed by atoms with van der Waals surface area (Å²) in [5.41, 5.74) is 0. The normalized spacial score (nSPS) is 13.2. The van der Waals surface area contributed by atoms with Crippen LogP contribution in [-0.4, -0.2) is 34.9 Å². The van der Waals surface area contributed by atoms with Crippen LogP contribution < -0.4 is 5.32 Å². The summed E-state index contributed by atoms with van der Waals surface area (Å²) < 4.78 is 0. The fourth-order valence-corrected chi connectivity index (χ4v) is 7.01. The number of aliphatic hydroxyl groups is 2. The van der Waals surface area contributed by atoms with Gasteiger partial charge in [0.05, 0.1) is 18.8 Å². The quantitative estimate of drug-likeness (QED) is 0.0433. The molecule has 0 aromatic carbocycles. The standard InChI is InChI=1S/C48H91NO3/c1-3-5-7-9-11-13-15-16-17-18-19-20-21-22-23-24-25-26-27-28-29-30-31-32-34-36-38-40-42-44-48(52)49-46(45-50)47(51)43-41-39-37-35-33-14-12-10-8-6-4-2/h18-19,33,35,41,43,46-47,50-51H,3-17,20-32,34,36-40,42,44-45H2,1-2H3,(H,49,52)/b19-18-,35-33+,43-41+. The largest absolute Gasteiger partial charge is 0.394 e. The second kappa shape index (κ2) is 44.0. The second-order valence-corrected chi connectivity index (χ2v) is 15.8. The van der Waals surface area contributed by atoms with Crippen LogP contribution in [0.5, 0.6) is 0 Å². The number of unbranched alkanes of at least 4 members (excludes halogenated alkanes) is 31. The molecule has 52 heavy (non-hydrogen) atoms. The highest BCUT2D eigenvalue weighted by Crippen LogP contribution is 2.15. The van der Waals surface area contributed by atoms with Crippen LogP contribution in [0.15, 0.2) is 36.5 Å². The van der Waals surface area contributed by atoms with E-state index in [0.29, 0.717) is 6.42 Å². The van der Waals surface area contributed by atoms with Gasteiger partial charge in [0.25, 0.3) is 0 Å². The van der Waals surface area contributed by atoms with Gasteiger partial charge >= 0.3 is 0 Å². The summed E-state index contributed by atoms with van der Waals surface area (Å²) in [5.74, 6) is -0.0731. The molecule has 0 heterocycles. The monoisotopic (exact) mass is 730 g/mol. The van der Waals surface area contributed by atoms with Crippen LogP contribution in [0, 0.1) is 0 Å². The molecule has 0 spiro atoms. The maximum Gasteiger partial charge on any atom is 0.220 e. The Morgan fingerprint density at radius 2 is 0.750 bits per heavy atom. The smallest absolute Gasteiger partial charge is 0.220 e. The van der Waals surface area contributed by atoms with Gasteiger partial charge in [-0.05, 0) is 57.8 Å². The lowest BCUT2D eigenvalue weighted by Crippen LogP contribution is -2.45. The van der Waals surface area contributed by atoms with Gasteiger partial charge in [-0.2, -0.15) is 0 Å². The Morgan fingerprint density at radius 3 is 1.12 bits per heavy atom. The van der Waals surface area contributed by atoms with Crippen molar-refractivity contribution >= 4 is 5.91 Å². The minimum absolute atomic E-state index is 0.0731. The Balaban J connectivity index is 3.46. The summed E-state index contributed by atoms with van der Waals surface area (Å²) >= 11 is 0. The number of nitrogens with one attached hydrogen (secondary N) is 1. The summed E-state index contributed by atoms with van der Waals surface area (Å²) in [4.78, 5) is 12.4. The molecule has 0 fully saturated rings. The van der Waals surface area contributed by atoms with E-state index in [1.807, 2.05) is 6.08 Å². The lowest BCUT2D eigenvalue weighted by atomic mass is 10.0. The number of hydrogen-bond acceptors (Lipinski definition) is 3. The molecular formula is C48H91NO3. The molecule has 0 aliphatic rings. The molecule has 0 saturated carbocycles. The number of carbonyl (C=O) groups excluding carboxylic acids is 1. The molecule has 0 aromatic heterocycles. The van der Waals surface area contributed by atoms with Gasteiger partial charge in [-0.25, -0.2) is 0 Å². The molecule has 3 N–H and O–H groups in total. The van der Waals surface area contributed by atoms with Crippen LogP contribution >= 0.6 is 0 Å². The van der Waals surface area contributed by atoms with Crippen molar-refractivity contribution in [1.29, 1.82) is 0 Å². The first-order valence-electron chi connectivity index (χ1n) is 23.2. The highest BCUT2D eigenvalue weighted by molar-refractivity contribution is 5.76. The molecule has 0 radical (unpaired) electrons. The summed E-state index contributed by atoms with van der Waals surface area (Å²) in [7, 11) is 0. The van der Waals surface area contributed by atoms with Crippen LogP contribution in [-0.2, 0) is 4.79 Å². The van der Waals surface area contributed by atoms with E-state index < -0.39 is 12.1 Å². The molecule has 306 valence electrons. The van der Waals surface area contributed by atoms with E-state index in [-0.39, 0.29) is 12.5 Å². The van der Waals surface area contributed by atoms with E-state index in [4.69, 9.17) is 0 Å². The summed E-state index contributed by atoms with van der Waals surface area (Å²) in [6.45, 7) is 4.28. The number of rotatable bonds is 42. The third kappa shape index (κ3) is 39.8. The maximum atomic E-state index is 12.4. The van der Waals surface area contributed by atoms with Crippen molar-refractivity contribution in [3.05, 3.63) is 36.5 Å². The molecule has 0 rings (SSSR count). The molecule has 0 aliphatic heterocycles. The average Bonchev–Trinajstić information content (AvgIpc) is 3.15. The molecular weight excluding hydrogens is 639 g/mol. The van der Waals surface area contributed by atoms with E-state index in [0.717, 1.165) is 32.1 Å². The predicted octanol–water partition coefficient (Wildman–Crippen LogP) is 14.6. The Kier molecular flexibility index (Phi) is 42.8. The topological polar surface area (TPSA) is 69.6 Å². The zero-order valence-corrected chi connectivity index (χ0v) is 35.1. The molecule has 0 aliphatic carbocycles. The molecule has 0 saturated heterocycles. The second-order valence-electron chi connectivity index (χ2n) is 15.8. The maximum absolute atomic E-state index is 12.4. The first kappa shape index (κ1) is 50.6. The minimum Gasteiger partial charge on any atom is -0.394 e. The van der Waals surface area contributed by atoms with Crippen molar-refractivity contribution < 1.29 is 15.0 Å². The molecule has 4 nitrogen and oxygen atoms in total. The minimum atomic E-state index is -0.858. The van der Waals surface area contributed by atoms with Gasteiger partial charge in [0.1, 0.15) is 0 Å². The highest BCUT2D eigenvalue weighted by atomic mass is 16.3. The molecule has 0 bridgehead atoms. The fraction of sp³-hybridized carbons (Fsp3) is 0.854. The number of amides is 1. The summed E-state index contributed by atoms with van der Waals surface area (Å²) in [6.07, 6.45) is 58.5. The van der Waals surface area contributed by atoms with Crippen molar-refractivity contribution in [3.8, 4) is 0 Å². The lowest BCUT2D eigenvalue weighted by molar-refractivity contribution is -0.123. The predicted molar refractivity (Wildman–Crippen MR) is 230 cm³/mol. The number of hydrogen-bond donors (Lipinski definition) is 3. The molecule has 2 atom stereocenters. The van der Waals surface area contributed by atoms with E-state index in [1.165, 1.54) is 193 Å². The van der Waals surface area contributed by atoms with E-state index in [9.17, 15) is 15.0 Å². The van der Waals surface area contributed by atoms with Crippen molar-refractivity contribution in [3.63, 3.8) is 0 Å². The van der Waals surface area contributed by atoms with Gasteiger partial charge in [-0.15, -0.1) is 0 Å². The zero-order valence-electron chi connectivity index (χ0n) is 35.1. The number of aliphatic hydroxyl groups excluding tert-OH is 2. The van der Waals surface area contributed by atoms with E-state index in [2.05, 4.69) is 43.5 Å². The SMILES string of the molecule is CCCCCCC/C=C/CC/C=C/C(O)C(CO)NC(=O)CCCCCCCCCCCCCCCCCCC/C=C\CCCCCCCCCC. The van der Waals surface area contributed by atoms with Crippen molar-refractivity contribution in [1.82, 2.24) is 5.32 Å². The van der Waals surface area contributed by atoms with E-state index >= 15 is 0 Å². The first-order chi connectivity index (χ1) is 25.7. The average molecular weight is 730 g/mol.